The summed E-state index contributed by atoms with van der Waals surface area (Å²) in [5, 5.41) is 23.3. The molecule has 0 bridgehead atoms. The van der Waals surface area contributed by atoms with Gasteiger partial charge in [0.2, 0.25) is 0 Å². The predicted molar refractivity (Wildman–Crippen MR) is 136 cm³/mol. The van der Waals surface area contributed by atoms with E-state index in [1.165, 1.54) is 0 Å². The molecule has 1 fully saturated rings. The molecule has 3 atom stereocenters. The second-order valence-electron chi connectivity index (χ2n) is 9.93. The average molecular weight is 476 g/mol. The standard InChI is InChI=1S/C28H33NO4Si/c1-28(2,3)34(22-15-9-5-10-16-22,23-17-11-6-12-18-23)33-20-24-25(30)26(31)27(32)29(24)19-21-13-7-4-8-14-21/h4-18,24-26,30-31H,19-20H2,1-3H3/t24-,25-,26+/m1/s1. The normalized spacial score (nSPS) is 21.1. The molecular formula is C28H33NO4Si. The van der Waals surface area contributed by atoms with Gasteiger partial charge >= 0.3 is 0 Å². The minimum Gasteiger partial charge on any atom is -0.405 e. The highest BCUT2D eigenvalue weighted by Gasteiger charge is 2.53. The van der Waals surface area contributed by atoms with Gasteiger partial charge in [-0.2, -0.15) is 0 Å². The smallest absolute Gasteiger partial charge is 0.261 e. The Bertz CT molecular complexity index is 1050. The van der Waals surface area contributed by atoms with Crippen molar-refractivity contribution in [3.8, 4) is 0 Å². The Morgan fingerprint density at radius 1 is 0.824 bits per heavy atom. The van der Waals surface area contributed by atoms with Crippen LogP contribution in [0.2, 0.25) is 5.04 Å². The van der Waals surface area contributed by atoms with E-state index in [1.54, 1.807) is 4.90 Å². The molecule has 2 N–H and O–H groups in total. The summed E-state index contributed by atoms with van der Waals surface area (Å²) in [6, 6.07) is 29.5. The number of nitrogens with zero attached hydrogens (tertiary/aromatic N) is 1. The van der Waals surface area contributed by atoms with Crippen LogP contribution in [0, 0.1) is 0 Å². The highest BCUT2D eigenvalue weighted by molar-refractivity contribution is 6.99. The average Bonchev–Trinajstić information content (AvgIpc) is 3.04. The van der Waals surface area contributed by atoms with Gasteiger partial charge in [0, 0.05) is 6.54 Å². The second-order valence-corrected chi connectivity index (χ2v) is 14.2. The molecule has 5 nitrogen and oxygen atoms in total. The van der Waals surface area contributed by atoms with E-state index >= 15 is 0 Å². The lowest BCUT2D eigenvalue weighted by atomic mass is 10.1. The molecule has 178 valence electrons. The molecule has 6 heteroatoms. The Morgan fingerprint density at radius 3 is 1.76 bits per heavy atom. The minimum absolute atomic E-state index is 0.129. The largest absolute Gasteiger partial charge is 0.405 e. The molecule has 1 aliphatic heterocycles. The van der Waals surface area contributed by atoms with E-state index in [-0.39, 0.29) is 11.6 Å². The minimum atomic E-state index is -2.84. The van der Waals surface area contributed by atoms with Crippen LogP contribution in [-0.4, -0.2) is 54.2 Å². The molecular weight excluding hydrogens is 442 g/mol. The monoisotopic (exact) mass is 475 g/mol. The summed E-state index contributed by atoms with van der Waals surface area (Å²) in [6.07, 6.45) is -2.66. The van der Waals surface area contributed by atoms with Gasteiger partial charge in [0.05, 0.1) is 12.6 Å². The van der Waals surface area contributed by atoms with Crippen LogP contribution >= 0.6 is 0 Å². The third-order valence-corrected chi connectivity index (χ3v) is 11.7. The summed E-state index contributed by atoms with van der Waals surface area (Å²) in [7, 11) is -2.84. The molecule has 0 aromatic heterocycles. The molecule has 1 amide bonds. The first-order valence-electron chi connectivity index (χ1n) is 11.7. The Kier molecular flexibility index (Phi) is 7.05. The number of amides is 1. The number of hydrogen-bond donors (Lipinski definition) is 2. The molecule has 0 radical (unpaired) electrons. The maximum absolute atomic E-state index is 12.9. The van der Waals surface area contributed by atoms with Crippen LogP contribution in [0.25, 0.3) is 0 Å². The maximum atomic E-state index is 12.9. The lowest BCUT2D eigenvalue weighted by Crippen LogP contribution is -2.67. The number of aliphatic hydroxyl groups is 2. The number of hydrogen-bond acceptors (Lipinski definition) is 4. The van der Waals surface area contributed by atoms with E-state index in [2.05, 4.69) is 45.0 Å². The fourth-order valence-corrected chi connectivity index (χ4v) is 9.59. The van der Waals surface area contributed by atoms with Gasteiger partial charge < -0.3 is 19.5 Å². The summed E-state index contributed by atoms with van der Waals surface area (Å²) in [6.45, 7) is 7.00. The van der Waals surface area contributed by atoms with Crippen molar-refractivity contribution in [2.24, 2.45) is 0 Å². The van der Waals surface area contributed by atoms with E-state index in [9.17, 15) is 15.0 Å². The third kappa shape index (κ3) is 4.46. The van der Waals surface area contributed by atoms with E-state index in [0.29, 0.717) is 6.54 Å². The van der Waals surface area contributed by atoms with Gasteiger partial charge in [-0.15, -0.1) is 0 Å². The zero-order valence-electron chi connectivity index (χ0n) is 20.0. The third-order valence-electron chi connectivity index (χ3n) is 6.74. The quantitative estimate of drug-likeness (QED) is 0.516. The number of carbonyl (C=O) groups is 1. The van der Waals surface area contributed by atoms with Crippen LogP contribution in [0.1, 0.15) is 26.3 Å². The highest BCUT2D eigenvalue weighted by atomic mass is 28.4. The van der Waals surface area contributed by atoms with Gasteiger partial charge in [0.25, 0.3) is 14.2 Å². The Labute approximate surface area is 202 Å². The van der Waals surface area contributed by atoms with Crippen LogP contribution < -0.4 is 10.4 Å². The first kappa shape index (κ1) is 24.4. The van der Waals surface area contributed by atoms with Crippen LogP contribution in [0.5, 0.6) is 0 Å². The van der Waals surface area contributed by atoms with Crippen LogP contribution in [0.4, 0.5) is 0 Å². The fraction of sp³-hybridized carbons (Fsp3) is 0.321. The van der Waals surface area contributed by atoms with Crippen molar-refractivity contribution in [3.63, 3.8) is 0 Å². The summed E-state index contributed by atoms with van der Waals surface area (Å²) >= 11 is 0. The van der Waals surface area contributed by atoms with Gasteiger partial charge in [-0.05, 0) is 21.0 Å². The van der Waals surface area contributed by atoms with Crippen LogP contribution in [-0.2, 0) is 15.8 Å². The van der Waals surface area contributed by atoms with Crippen LogP contribution in [0.3, 0.4) is 0 Å². The van der Waals surface area contributed by atoms with E-state index in [4.69, 9.17) is 4.43 Å². The van der Waals surface area contributed by atoms with Crippen molar-refractivity contribution in [2.45, 2.75) is 50.6 Å². The highest BCUT2D eigenvalue weighted by Crippen LogP contribution is 2.37. The second kappa shape index (κ2) is 9.84. The van der Waals surface area contributed by atoms with Crippen molar-refractivity contribution < 1.29 is 19.4 Å². The lowest BCUT2D eigenvalue weighted by molar-refractivity contribution is -0.136. The van der Waals surface area contributed by atoms with Crippen LogP contribution in [0.15, 0.2) is 91.0 Å². The van der Waals surface area contributed by atoms with Crippen molar-refractivity contribution in [3.05, 3.63) is 96.6 Å². The molecule has 4 rings (SSSR count). The summed E-state index contributed by atoms with van der Waals surface area (Å²) < 4.78 is 6.96. The first-order valence-corrected chi connectivity index (χ1v) is 13.6. The summed E-state index contributed by atoms with van der Waals surface area (Å²) in [5.74, 6) is -0.465. The predicted octanol–water partition coefficient (Wildman–Crippen LogP) is 2.70. The van der Waals surface area contributed by atoms with Crippen molar-refractivity contribution in [1.29, 1.82) is 0 Å². The molecule has 1 saturated heterocycles. The van der Waals surface area contributed by atoms with E-state index in [1.807, 2.05) is 66.7 Å². The maximum Gasteiger partial charge on any atom is 0.261 e. The number of rotatable bonds is 7. The molecule has 34 heavy (non-hydrogen) atoms. The molecule has 0 aliphatic carbocycles. The molecule has 0 unspecified atom stereocenters. The van der Waals surface area contributed by atoms with Gasteiger partial charge in [-0.25, -0.2) is 0 Å². The number of benzene rings is 3. The number of aliphatic hydroxyl groups excluding tert-OH is 2. The Balaban J connectivity index is 1.72. The molecule has 0 saturated carbocycles. The molecule has 1 aliphatic rings. The summed E-state index contributed by atoms with van der Waals surface area (Å²) in [4.78, 5) is 14.4. The molecule has 0 spiro atoms. The molecule has 1 heterocycles. The van der Waals surface area contributed by atoms with Gasteiger partial charge in [-0.1, -0.05) is 112 Å². The van der Waals surface area contributed by atoms with E-state index < -0.39 is 32.5 Å². The van der Waals surface area contributed by atoms with Crippen molar-refractivity contribution >= 4 is 24.6 Å². The fourth-order valence-electron chi connectivity index (χ4n) is 5.01. The van der Waals surface area contributed by atoms with Crippen molar-refractivity contribution in [1.82, 2.24) is 4.90 Å². The lowest BCUT2D eigenvalue weighted by Gasteiger charge is -2.44. The van der Waals surface area contributed by atoms with Gasteiger partial charge in [0.15, 0.2) is 6.10 Å². The summed E-state index contributed by atoms with van der Waals surface area (Å²) in [5.41, 5.74) is 0.938. The molecule has 3 aromatic rings. The first-order chi connectivity index (χ1) is 16.3. The topological polar surface area (TPSA) is 70.0 Å². The van der Waals surface area contributed by atoms with Gasteiger partial charge in [0.1, 0.15) is 6.10 Å². The molecule has 3 aromatic carbocycles. The number of carbonyl (C=O) groups excluding carboxylic acids is 1. The van der Waals surface area contributed by atoms with Gasteiger partial charge in [-0.3, -0.25) is 4.79 Å². The Hall–Kier alpha value is -2.77. The van der Waals surface area contributed by atoms with E-state index in [0.717, 1.165) is 15.9 Å². The number of likely N-dealkylation sites (tertiary alicyclic amines) is 1. The zero-order chi connectivity index (χ0) is 24.3. The van der Waals surface area contributed by atoms with Crippen molar-refractivity contribution in [2.75, 3.05) is 6.61 Å². The SMILES string of the molecule is CC(C)(C)[Si](OC[C@@H]1[C@@H](O)[C@H](O)C(=O)N1Cc1ccccc1)(c1ccccc1)c1ccccc1. The zero-order valence-corrected chi connectivity index (χ0v) is 21.0. The Morgan fingerprint density at radius 2 is 1.29 bits per heavy atom.